The van der Waals surface area contributed by atoms with Gasteiger partial charge in [-0.15, -0.1) is 0 Å². The van der Waals surface area contributed by atoms with Gasteiger partial charge in [0.2, 0.25) is 0 Å². The van der Waals surface area contributed by atoms with Crippen LogP contribution >= 0.6 is 0 Å². The molecule has 1 aromatic rings. The molecule has 20 heavy (non-hydrogen) atoms. The zero-order chi connectivity index (χ0) is 14.3. The fraction of sp³-hybridized carbons (Fsp3) is 0.533. The summed E-state index contributed by atoms with van der Waals surface area (Å²) in [4.78, 5) is 16.1. The largest absolute Gasteiger partial charge is 0.480 e. The molecule has 0 aliphatic heterocycles. The minimum Gasteiger partial charge on any atom is -0.480 e. The van der Waals surface area contributed by atoms with Gasteiger partial charge in [0, 0.05) is 5.69 Å². The molecule has 1 heterocycles. The summed E-state index contributed by atoms with van der Waals surface area (Å²) >= 11 is 0. The van der Waals surface area contributed by atoms with E-state index in [1.165, 1.54) is 0 Å². The number of fused-ring (bicyclic) bond motifs is 1. The fourth-order valence-electron chi connectivity index (χ4n) is 2.89. The molecule has 0 radical (unpaired) electrons. The third-order valence-corrected chi connectivity index (χ3v) is 4.39. The number of nitrogens with one attached hydrogen (secondary N) is 1. The molecule has 5 nitrogen and oxygen atoms in total. The number of aromatic nitrogens is 1. The van der Waals surface area contributed by atoms with Crippen LogP contribution in [-0.2, 0) is 17.6 Å². The van der Waals surface area contributed by atoms with Crippen molar-refractivity contribution in [3.8, 4) is 6.07 Å². The molecule has 2 N–H and O–H groups in total. The van der Waals surface area contributed by atoms with Gasteiger partial charge in [-0.3, -0.25) is 0 Å². The molecular formula is C15H17N3O2. The van der Waals surface area contributed by atoms with E-state index in [0.717, 1.165) is 43.4 Å². The number of carbonyl (C=O) groups is 1. The van der Waals surface area contributed by atoms with Gasteiger partial charge in [-0.05, 0) is 56.6 Å². The molecule has 0 bridgehead atoms. The molecule has 0 saturated heterocycles. The van der Waals surface area contributed by atoms with Gasteiger partial charge in [0.25, 0.3) is 0 Å². The molecular weight excluding hydrogens is 254 g/mol. The quantitative estimate of drug-likeness (QED) is 0.875. The van der Waals surface area contributed by atoms with E-state index in [1.807, 2.05) is 6.07 Å². The number of carboxylic acids is 1. The molecule has 2 aliphatic rings. The number of rotatable bonds is 4. The normalized spacial score (nSPS) is 19.8. The molecule has 1 aromatic heterocycles. The summed E-state index contributed by atoms with van der Waals surface area (Å²) in [6, 6.07) is 3.98. The van der Waals surface area contributed by atoms with Crippen molar-refractivity contribution in [3.63, 3.8) is 0 Å². The third kappa shape index (κ3) is 2.01. The number of nitrogens with zero attached hydrogens (tertiary/aromatic N) is 2. The average Bonchev–Trinajstić information content (AvgIpc) is 3.18. The highest BCUT2D eigenvalue weighted by atomic mass is 16.4. The molecule has 0 amide bonds. The molecule has 2 aliphatic carbocycles. The van der Waals surface area contributed by atoms with Gasteiger partial charge in [0.1, 0.15) is 17.4 Å². The Hall–Kier alpha value is -2.09. The molecule has 1 fully saturated rings. The summed E-state index contributed by atoms with van der Waals surface area (Å²) in [6.45, 7) is 1.68. The van der Waals surface area contributed by atoms with E-state index < -0.39 is 11.5 Å². The minimum atomic E-state index is -1.04. The number of carboxylic acid groups (broad SMARTS) is 1. The lowest BCUT2D eigenvalue weighted by Gasteiger charge is -2.27. The predicted molar refractivity (Wildman–Crippen MR) is 73.4 cm³/mol. The number of hydrogen-bond donors (Lipinski definition) is 2. The maximum absolute atomic E-state index is 11.6. The first-order valence-corrected chi connectivity index (χ1v) is 6.99. The van der Waals surface area contributed by atoms with Crippen LogP contribution in [0.3, 0.4) is 0 Å². The summed E-state index contributed by atoms with van der Waals surface area (Å²) in [5.74, 6) is -0.349. The topological polar surface area (TPSA) is 86.0 Å². The van der Waals surface area contributed by atoms with Gasteiger partial charge in [0.15, 0.2) is 0 Å². The number of nitriles is 1. The van der Waals surface area contributed by atoms with E-state index in [2.05, 4.69) is 16.4 Å². The smallest absolute Gasteiger partial charge is 0.329 e. The zero-order valence-electron chi connectivity index (χ0n) is 11.4. The first-order chi connectivity index (χ1) is 9.54. The summed E-state index contributed by atoms with van der Waals surface area (Å²) in [5.41, 5.74) is 1.52. The van der Waals surface area contributed by atoms with E-state index >= 15 is 0 Å². The van der Waals surface area contributed by atoms with Crippen molar-refractivity contribution < 1.29 is 9.90 Å². The van der Waals surface area contributed by atoms with E-state index in [4.69, 9.17) is 0 Å². The Balaban J connectivity index is 1.98. The Morgan fingerprint density at radius 3 is 2.90 bits per heavy atom. The highest BCUT2D eigenvalue weighted by molar-refractivity contribution is 5.83. The van der Waals surface area contributed by atoms with Gasteiger partial charge in [-0.2, -0.15) is 5.26 Å². The monoisotopic (exact) mass is 271 g/mol. The highest BCUT2D eigenvalue weighted by Crippen LogP contribution is 2.42. The van der Waals surface area contributed by atoms with Crippen molar-refractivity contribution in [3.05, 3.63) is 22.9 Å². The van der Waals surface area contributed by atoms with Gasteiger partial charge < -0.3 is 10.4 Å². The van der Waals surface area contributed by atoms with Crippen molar-refractivity contribution in [1.82, 2.24) is 4.98 Å². The van der Waals surface area contributed by atoms with Gasteiger partial charge in [-0.1, -0.05) is 0 Å². The molecule has 1 unspecified atom stereocenters. The van der Waals surface area contributed by atoms with Crippen molar-refractivity contribution >= 4 is 11.8 Å². The van der Waals surface area contributed by atoms with Crippen LogP contribution in [0.15, 0.2) is 6.07 Å². The fourth-order valence-corrected chi connectivity index (χ4v) is 2.89. The van der Waals surface area contributed by atoms with Crippen LogP contribution in [-0.4, -0.2) is 21.6 Å². The Labute approximate surface area is 117 Å². The summed E-state index contributed by atoms with van der Waals surface area (Å²) in [6.07, 6.45) is 4.72. The first kappa shape index (κ1) is 12.9. The summed E-state index contributed by atoms with van der Waals surface area (Å²) < 4.78 is 0. The lowest BCUT2D eigenvalue weighted by Crippen LogP contribution is -2.46. The van der Waals surface area contributed by atoms with E-state index in [9.17, 15) is 15.2 Å². The number of aryl methyl sites for hydroxylation is 2. The number of anilines is 1. The SMILES string of the molecule is CC(Nc1nc2c(cc1C#N)CCC2)(C(=O)O)C1CC1. The van der Waals surface area contributed by atoms with E-state index in [1.54, 1.807) is 6.92 Å². The molecule has 3 rings (SSSR count). The molecule has 5 heteroatoms. The second-order valence-electron chi connectivity index (χ2n) is 5.86. The van der Waals surface area contributed by atoms with Crippen LogP contribution in [0.1, 0.15) is 43.0 Å². The van der Waals surface area contributed by atoms with Crippen molar-refractivity contribution in [2.75, 3.05) is 5.32 Å². The molecule has 1 saturated carbocycles. The Kier molecular flexibility index (Phi) is 2.89. The number of pyridine rings is 1. The Morgan fingerprint density at radius 1 is 1.55 bits per heavy atom. The van der Waals surface area contributed by atoms with Crippen LogP contribution in [0.2, 0.25) is 0 Å². The van der Waals surface area contributed by atoms with Crippen molar-refractivity contribution in [2.24, 2.45) is 5.92 Å². The first-order valence-electron chi connectivity index (χ1n) is 6.99. The lowest BCUT2D eigenvalue weighted by molar-refractivity contribution is -0.142. The highest BCUT2D eigenvalue weighted by Gasteiger charge is 2.48. The molecule has 1 atom stereocenters. The molecule has 0 aromatic carbocycles. The maximum Gasteiger partial charge on any atom is 0.329 e. The summed E-state index contributed by atoms with van der Waals surface area (Å²) in [5, 5.41) is 21.8. The van der Waals surface area contributed by atoms with Crippen molar-refractivity contribution in [1.29, 1.82) is 5.26 Å². The third-order valence-electron chi connectivity index (χ3n) is 4.39. The predicted octanol–water partition coefficient (Wildman–Crippen LogP) is 2.11. The number of aliphatic carboxylic acids is 1. The standard InChI is InChI=1S/C15H17N3O2/c1-15(14(19)20,11-5-6-11)18-13-10(8-16)7-9-3-2-4-12(9)17-13/h7,11H,2-6H2,1H3,(H,17,18)(H,19,20). The Morgan fingerprint density at radius 2 is 2.30 bits per heavy atom. The second kappa shape index (κ2) is 4.48. The van der Waals surface area contributed by atoms with Gasteiger partial charge in [0.05, 0.1) is 5.56 Å². The van der Waals surface area contributed by atoms with Crippen LogP contribution < -0.4 is 5.32 Å². The van der Waals surface area contributed by atoms with Crippen LogP contribution in [0, 0.1) is 17.2 Å². The molecule has 104 valence electrons. The van der Waals surface area contributed by atoms with Crippen LogP contribution in [0.5, 0.6) is 0 Å². The number of hydrogen-bond acceptors (Lipinski definition) is 4. The second-order valence-corrected chi connectivity index (χ2v) is 5.86. The Bertz CT molecular complexity index is 616. The lowest BCUT2D eigenvalue weighted by atomic mass is 9.95. The van der Waals surface area contributed by atoms with E-state index in [-0.39, 0.29) is 5.92 Å². The summed E-state index contributed by atoms with van der Waals surface area (Å²) in [7, 11) is 0. The van der Waals surface area contributed by atoms with Crippen LogP contribution in [0.25, 0.3) is 0 Å². The van der Waals surface area contributed by atoms with Gasteiger partial charge >= 0.3 is 5.97 Å². The van der Waals surface area contributed by atoms with E-state index in [0.29, 0.717) is 11.4 Å². The average molecular weight is 271 g/mol. The maximum atomic E-state index is 11.6. The molecule has 0 spiro atoms. The van der Waals surface area contributed by atoms with Crippen LogP contribution in [0.4, 0.5) is 5.82 Å². The zero-order valence-corrected chi connectivity index (χ0v) is 11.4. The van der Waals surface area contributed by atoms with Gasteiger partial charge in [-0.25, -0.2) is 9.78 Å². The van der Waals surface area contributed by atoms with Crippen molar-refractivity contribution in [2.45, 2.75) is 44.6 Å². The minimum absolute atomic E-state index is 0.113.